The maximum absolute atomic E-state index is 11.0. The number of hydrogen-bond acceptors (Lipinski definition) is 4. The van der Waals surface area contributed by atoms with Crippen LogP contribution in [0.3, 0.4) is 0 Å². The SMILES string of the molecule is CCC.CCN(CCNC(=O)OC)C(C)c1cccc(OC)c1. The normalized spacial score (nSPS) is 11.3. The molecule has 0 heterocycles. The topological polar surface area (TPSA) is 50.8 Å². The summed E-state index contributed by atoms with van der Waals surface area (Å²) in [5, 5.41) is 2.70. The van der Waals surface area contributed by atoms with Crippen LogP contribution in [0.25, 0.3) is 0 Å². The van der Waals surface area contributed by atoms with E-state index in [0.717, 1.165) is 18.8 Å². The lowest BCUT2D eigenvalue weighted by Gasteiger charge is -2.28. The van der Waals surface area contributed by atoms with E-state index in [4.69, 9.17) is 4.74 Å². The lowest BCUT2D eigenvalue weighted by atomic mass is 10.1. The third-order valence-corrected chi connectivity index (χ3v) is 3.38. The number of methoxy groups -OCH3 is 2. The van der Waals surface area contributed by atoms with Crippen LogP contribution in [-0.4, -0.2) is 44.8 Å². The second-order valence-electron chi connectivity index (χ2n) is 5.21. The Morgan fingerprint density at radius 2 is 1.91 bits per heavy atom. The Labute approximate surface area is 141 Å². The number of ether oxygens (including phenoxy) is 2. The van der Waals surface area contributed by atoms with Crippen LogP contribution in [0, 0.1) is 0 Å². The Morgan fingerprint density at radius 3 is 2.43 bits per heavy atom. The van der Waals surface area contributed by atoms with Crippen molar-refractivity contribution in [3.8, 4) is 5.75 Å². The molecule has 0 saturated carbocycles. The monoisotopic (exact) mass is 324 g/mol. The molecule has 1 amide bonds. The van der Waals surface area contributed by atoms with E-state index in [1.807, 2.05) is 18.2 Å². The zero-order valence-corrected chi connectivity index (χ0v) is 15.4. The van der Waals surface area contributed by atoms with Crippen LogP contribution in [-0.2, 0) is 4.74 Å². The second kappa shape index (κ2) is 12.8. The molecule has 23 heavy (non-hydrogen) atoms. The van der Waals surface area contributed by atoms with Gasteiger partial charge in [-0.15, -0.1) is 0 Å². The highest BCUT2D eigenvalue weighted by molar-refractivity contribution is 5.66. The minimum atomic E-state index is -0.393. The van der Waals surface area contributed by atoms with E-state index in [1.165, 1.54) is 19.1 Å². The fourth-order valence-electron chi connectivity index (χ4n) is 2.11. The molecule has 0 aliphatic heterocycles. The largest absolute Gasteiger partial charge is 0.497 e. The first-order chi connectivity index (χ1) is 11.0. The Hall–Kier alpha value is -1.75. The molecule has 5 heteroatoms. The Morgan fingerprint density at radius 1 is 1.26 bits per heavy atom. The number of nitrogens with zero attached hydrogens (tertiary/aromatic N) is 1. The maximum Gasteiger partial charge on any atom is 0.406 e. The lowest BCUT2D eigenvalue weighted by molar-refractivity contribution is 0.165. The third kappa shape index (κ3) is 8.45. The van der Waals surface area contributed by atoms with Gasteiger partial charge in [0.25, 0.3) is 0 Å². The number of likely N-dealkylation sites (N-methyl/N-ethyl adjacent to an activating group) is 1. The predicted octanol–water partition coefficient (Wildman–Crippen LogP) is 3.85. The van der Waals surface area contributed by atoms with E-state index in [1.54, 1.807) is 7.11 Å². The first-order valence-corrected chi connectivity index (χ1v) is 8.23. The summed E-state index contributed by atoms with van der Waals surface area (Å²) in [7, 11) is 3.04. The Balaban J connectivity index is 0.00000149. The van der Waals surface area contributed by atoms with Gasteiger partial charge >= 0.3 is 6.09 Å². The van der Waals surface area contributed by atoms with Crippen molar-refractivity contribution in [3.05, 3.63) is 29.8 Å². The number of alkyl carbamates (subject to hydrolysis) is 1. The minimum Gasteiger partial charge on any atom is -0.497 e. The molecule has 1 aromatic rings. The van der Waals surface area contributed by atoms with Crippen LogP contribution in [0.4, 0.5) is 4.79 Å². The van der Waals surface area contributed by atoms with E-state index < -0.39 is 6.09 Å². The molecule has 1 unspecified atom stereocenters. The molecule has 0 fully saturated rings. The van der Waals surface area contributed by atoms with Crippen LogP contribution in [0.5, 0.6) is 5.75 Å². The van der Waals surface area contributed by atoms with Gasteiger partial charge < -0.3 is 14.8 Å². The van der Waals surface area contributed by atoms with Crippen molar-refractivity contribution in [2.45, 2.75) is 40.2 Å². The number of hydrogen-bond donors (Lipinski definition) is 1. The van der Waals surface area contributed by atoms with Gasteiger partial charge in [0.1, 0.15) is 5.75 Å². The van der Waals surface area contributed by atoms with Crippen molar-refractivity contribution in [1.82, 2.24) is 10.2 Å². The van der Waals surface area contributed by atoms with Crippen LogP contribution in [0.1, 0.15) is 45.7 Å². The van der Waals surface area contributed by atoms with Gasteiger partial charge in [-0.05, 0) is 31.2 Å². The third-order valence-electron chi connectivity index (χ3n) is 3.38. The molecule has 0 radical (unpaired) electrons. The highest BCUT2D eigenvalue weighted by Gasteiger charge is 2.14. The van der Waals surface area contributed by atoms with Gasteiger partial charge in [-0.3, -0.25) is 4.90 Å². The summed E-state index contributed by atoms with van der Waals surface area (Å²) in [6, 6.07) is 8.32. The molecule has 0 saturated heterocycles. The zero-order chi connectivity index (χ0) is 17.7. The highest BCUT2D eigenvalue weighted by atomic mass is 16.5. The van der Waals surface area contributed by atoms with Crippen molar-refractivity contribution < 1.29 is 14.3 Å². The summed E-state index contributed by atoms with van der Waals surface area (Å²) in [4.78, 5) is 13.3. The highest BCUT2D eigenvalue weighted by Crippen LogP contribution is 2.23. The van der Waals surface area contributed by atoms with Gasteiger partial charge in [0.2, 0.25) is 0 Å². The van der Waals surface area contributed by atoms with Gasteiger partial charge in [0.15, 0.2) is 0 Å². The molecule has 1 N–H and O–H groups in total. The first-order valence-electron chi connectivity index (χ1n) is 8.23. The molecule has 0 aliphatic carbocycles. The van der Waals surface area contributed by atoms with Crippen molar-refractivity contribution >= 4 is 6.09 Å². The molecule has 0 bridgehead atoms. The average Bonchev–Trinajstić information content (AvgIpc) is 2.58. The lowest BCUT2D eigenvalue weighted by Crippen LogP contribution is -2.36. The van der Waals surface area contributed by atoms with Gasteiger partial charge in [0.05, 0.1) is 14.2 Å². The molecule has 132 valence electrons. The number of nitrogens with one attached hydrogen (secondary N) is 1. The van der Waals surface area contributed by atoms with Crippen molar-refractivity contribution in [3.63, 3.8) is 0 Å². The molecule has 1 aromatic carbocycles. The maximum atomic E-state index is 11.0. The molecule has 0 spiro atoms. The Kier molecular flexibility index (Phi) is 11.8. The smallest absolute Gasteiger partial charge is 0.406 e. The van der Waals surface area contributed by atoms with Crippen LogP contribution < -0.4 is 10.1 Å². The van der Waals surface area contributed by atoms with Gasteiger partial charge in [-0.25, -0.2) is 4.79 Å². The molecule has 0 aromatic heterocycles. The van der Waals surface area contributed by atoms with Gasteiger partial charge in [-0.2, -0.15) is 0 Å². The second-order valence-corrected chi connectivity index (χ2v) is 5.21. The predicted molar refractivity (Wildman–Crippen MR) is 95.0 cm³/mol. The van der Waals surface area contributed by atoms with Gasteiger partial charge in [0, 0.05) is 19.1 Å². The summed E-state index contributed by atoms with van der Waals surface area (Å²) in [5.41, 5.74) is 1.20. The standard InChI is InChI=1S/C15H24N2O3.C3H8/c1-5-17(10-9-16-15(18)20-4)12(2)13-7-6-8-14(11-13)19-3;1-3-2/h6-8,11-12H,5,9-10H2,1-4H3,(H,16,18);3H2,1-2H3. The number of amides is 1. The summed E-state index contributed by atoms with van der Waals surface area (Å²) in [6.07, 6.45) is 0.857. The average molecular weight is 324 g/mol. The first kappa shape index (κ1) is 21.2. The molecule has 0 aliphatic rings. The molecular weight excluding hydrogens is 292 g/mol. The number of carbonyl (C=O) groups is 1. The minimum absolute atomic E-state index is 0.259. The van der Waals surface area contributed by atoms with Crippen molar-refractivity contribution in [2.75, 3.05) is 33.9 Å². The summed E-state index contributed by atoms with van der Waals surface area (Å²) < 4.78 is 9.81. The fourth-order valence-corrected chi connectivity index (χ4v) is 2.11. The van der Waals surface area contributed by atoms with E-state index >= 15 is 0 Å². The summed E-state index contributed by atoms with van der Waals surface area (Å²) in [5.74, 6) is 0.859. The zero-order valence-electron chi connectivity index (χ0n) is 15.4. The van der Waals surface area contributed by atoms with Gasteiger partial charge in [-0.1, -0.05) is 39.3 Å². The van der Waals surface area contributed by atoms with Crippen molar-refractivity contribution in [2.24, 2.45) is 0 Å². The van der Waals surface area contributed by atoms with E-state index in [0.29, 0.717) is 6.54 Å². The molecule has 1 atom stereocenters. The van der Waals surface area contributed by atoms with Crippen LogP contribution >= 0.6 is 0 Å². The molecule has 1 rings (SSSR count). The van der Waals surface area contributed by atoms with E-state index in [-0.39, 0.29) is 6.04 Å². The molecule has 5 nitrogen and oxygen atoms in total. The fraction of sp³-hybridized carbons (Fsp3) is 0.611. The number of rotatable bonds is 7. The van der Waals surface area contributed by atoms with E-state index in [9.17, 15) is 4.79 Å². The van der Waals surface area contributed by atoms with Crippen LogP contribution in [0.2, 0.25) is 0 Å². The Bertz CT molecular complexity index is 438. The quantitative estimate of drug-likeness (QED) is 0.827. The van der Waals surface area contributed by atoms with E-state index in [2.05, 4.69) is 48.7 Å². The summed E-state index contributed by atoms with van der Waals surface area (Å²) >= 11 is 0. The molecular formula is C18H32N2O3. The van der Waals surface area contributed by atoms with Crippen LogP contribution in [0.15, 0.2) is 24.3 Å². The number of benzene rings is 1. The summed E-state index contributed by atoms with van der Waals surface area (Å²) in [6.45, 7) is 10.7. The number of carbonyl (C=O) groups excluding carboxylic acids is 1. The van der Waals surface area contributed by atoms with Crippen molar-refractivity contribution in [1.29, 1.82) is 0 Å².